The first-order valence-corrected chi connectivity index (χ1v) is 8.51. The minimum atomic E-state index is -0.363. The molecule has 0 bridgehead atoms. The van der Waals surface area contributed by atoms with Crippen LogP contribution in [-0.4, -0.2) is 52.4 Å². The van der Waals surface area contributed by atoms with Crippen LogP contribution >= 0.6 is 0 Å². The smallest absolute Gasteiger partial charge is 0.231 e. The topological polar surface area (TPSA) is 79.7 Å². The molecule has 0 saturated carbocycles. The van der Waals surface area contributed by atoms with E-state index in [1.54, 1.807) is 19.2 Å². The van der Waals surface area contributed by atoms with E-state index in [1.165, 1.54) is 4.90 Å². The Morgan fingerprint density at radius 1 is 1.46 bits per heavy atom. The van der Waals surface area contributed by atoms with Crippen LogP contribution in [0.4, 0.5) is 0 Å². The van der Waals surface area contributed by atoms with Crippen molar-refractivity contribution in [3.8, 4) is 5.75 Å². The van der Waals surface area contributed by atoms with E-state index in [9.17, 15) is 9.90 Å². The number of amides is 1. The predicted molar refractivity (Wildman–Crippen MR) is 92.8 cm³/mol. The number of carbonyl (C=O) groups is 1. The first kappa shape index (κ1) is 16.8. The standard InChI is InChI=1S/C18H26N4O2/c1-18(10-16(24)21(2)17(19)20-18)14-6-4-8-22(12-14)11-13-5-3-7-15(23)9-13/h3,5,7,9,14,23H,4,6,8,10-12H2,1-2H3,(H2,19,20)/t14?,18-/m0/s1. The molecule has 1 aromatic rings. The number of guanidine groups is 1. The van der Waals surface area contributed by atoms with Gasteiger partial charge in [0.25, 0.3) is 0 Å². The predicted octanol–water partition coefficient (Wildman–Crippen LogP) is 1.75. The minimum absolute atomic E-state index is 0.00588. The van der Waals surface area contributed by atoms with E-state index in [4.69, 9.17) is 5.41 Å². The van der Waals surface area contributed by atoms with Gasteiger partial charge in [0.15, 0.2) is 5.96 Å². The Kier molecular flexibility index (Phi) is 4.49. The largest absolute Gasteiger partial charge is 0.508 e. The van der Waals surface area contributed by atoms with Crippen LogP contribution in [0, 0.1) is 11.3 Å². The maximum Gasteiger partial charge on any atom is 0.231 e. The molecule has 6 nitrogen and oxygen atoms in total. The van der Waals surface area contributed by atoms with Gasteiger partial charge in [-0.05, 0) is 49.9 Å². The molecule has 0 radical (unpaired) electrons. The van der Waals surface area contributed by atoms with Crippen molar-refractivity contribution in [2.24, 2.45) is 5.92 Å². The number of piperidine rings is 1. The number of phenols is 1. The number of benzene rings is 1. The Labute approximate surface area is 143 Å². The van der Waals surface area contributed by atoms with E-state index in [-0.39, 0.29) is 17.4 Å². The molecule has 3 N–H and O–H groups in total. The zero-order chi connectivity index (χ0) is 17.3. The summed E-state index contributed by atoms with van der Waals surface area (Å²) in [5.74, 6) is 0.816. The molecule has 0 spiro atoms. The van der Waals surface area contributed by atoms with Crippen molar-refractivity contribution >= 4 is 11.9 Å². The SMILES string of the molecule is CN1C(=N)N[C@](C)(C2CCCN(Cc3cccc(O)c3)C2)CC1=O. The molecule has 2 atom stereocenters. The van der Waals surface area contributed by atoms with Gasteiger partial charge in [-0.3, -0.25) is 20.0 Å². The van der Waals surface area contributed by atoms with Crippen LogP contribution in [0.15, 0.2) is 24.3 Å². The number of hydrogen-bond donors (Lipinski definition) is 3. The van der Waals surface area contributed by atoms with Gasteiger partial charge in [0.05, 0.1) is 12.0 Å². The lowest BCUT2D eigenvalue weighted by Crippen LogP contribution is -2.64. The maximum atomic E-state index is 12.2. The second kappa shape index (κ2) is 6.43. The molecule has 3 rings (SSSR count). The van der Waals surface area contributed by atoms with Gasteiger partial charge in [0, 0.05) is 20.1 Å². The fourth-order valence-corrected chi connectivity index (χ4v) is 3.83. The number of phenolic OH excluding ortho intramolecular Hbond substituents is 1. The Balaban J connectivity index is 1.69. The van der Waals surface area contributed by atoms with Gasteiger partial charge >= 0.3 is 0 Å². The zero-order valence-electron chi connectivity index (χ0n) is 14.4. The second-order valence-electron chi connectivity index (χ2n) is 7.26. The van der Waals surface area contributed by atoms with Crippen LogP contribution in [0.5, 0.6) is 5.75 Å². The number of nitrogens with zero attached hydrogens (tertiary/aromatic N) is 2. The summed E-state index contributed by atoms with van der Waals surface area (Å²) in [5, 5.41) is 20.9. The van der Waals surface area contributed by atoms with E-state index < -0.39 is 0 Å². The molecular weight excluding hydrogens is 304 g/mol. The van der Waals surface area contributed by atoms with Crippen molar-refractivity contribution in [3.63, 3.8) is 0 Å². The Morgan fingerprint density at radius 3 is 2.96 bits per heavy atom. The molecule has 1 amide bonds. The van der Waals surface area contributed by atoms with E-state index >= 15 is 0 Å². The average Bonchev–Trinajstić information content (AvgIpc) is 2.53. The van der Waals surface area contributed by atoms with Gasteiger partial charge in [-0.2, -0.15) is 0 Å². The number of aromatic hydroxyl groups is 1. The first-order valence-electron chi connectivity index (χ1n) is 8.51. The van der Waals surface area contributed by atoms with E-state index in [0.717, 1.165) is 38.0 Å². The number of nitrogens with one attached hydrogen (secondary N) is 2. The van der Waals surface area contributed by atoms with Crippen molar-refractivity contribution in [1.29, 1.82) is 5.41 Å². The number of rotatable bonds is 3. The van der Waals surface area contributed by atoms with E-state index in [2.05, 4.69) is 17.1 Å². The van der Waals surface area contributed by atoms with Crippen LogP contribution in [0.2, 0.25) is 0 Å². The van der Waals surface area contributed by atoms with Crippen LogP contribution in [-0.2, 0) is 11.3 Å². The van der Waals surface area contributed by atoms with Gasteiger partial charge in [-0.1, -0.05) is 12.1 Å². The molecule has 2 aliphatic rings. The van der Waals surface area contributed by atoms with Gasteiger partial charge in [-0.25, -0.2) is 0 Å². The summed E-state index contributed by atoms with van der Waals surface area (Å²) >= 11 is 0. The summed E-state index contributed by atoms with van der Waals surface area (Å²) in [5.41, 5.74) is 0.735. The van der Waals surface area contributed by atoms with Gasteiger partial charge in [0.1, 0.15) is 5.75 Å². The molecule has 2 aliphatic heterocycles. The fourth-order valence-electron chi connectivity index (χ4n) is 3.83. The summed E-state index contributed by atoms with van der Waals surface area (Å²) in [6.45, 7) is 4.78. The molecule has 2 fully saturated rings. The first-order chi connectivity index (χ1) is 11.4. The lowest BCUT2D eigenvalue weighted by atomic mass is 9.76. The number of hydrogen-bond acceptors (Lipinski definition) is 4. The monoisotopic (exact) mass is 330 g/mol. The van der Waals surface area contributed by atoms with Crippen LogP contribution in [0.1, 0.15) is 31.7 Å². The lowest BCUT2D eigenvalue weighted by molar-refractivity contribution is -0.130. The van der Waals surface area contributed by atoms with Gasteiger partial charge in [-0.15, -0.1) is 0 Å². The number of likely N-dealkylation sites (tertiary alicyclic amines) is 1. The van der Waals surface area contributed by atoms with Crippen molar-refractivity contribution in [1.82, 2.24) is 15.1 Å². The summed E-state index contributed by atoms with van der Waals surface area (Å²) in [7, 11) is 1.65. The van der Waals surface area contributed by atoms with E-state index in [1.807, 2.05) is 12.1 Å². The van der Waals surface area contributed by atoms with Crippen molar-refractivity contribution in [2.45, 2.75) is 38.3 Å². The Bertz CT molecular complexity index is 628. The van der Waals surface area contributed by atoms with Gasteiger partial charge < -0.3 is 10.4 Å². The summed E-state index contributed by atoms with van der Waals surface area (Å²) in [6.07, 6.45) is 2.57. The molecule has 1 aromatic carbocycles. The van der Waals surface area contributed by atoms with E-state index in [0.29, 0.717) is 18.1 Å². The highest BCUT2D eigenvalue weighted by atomic mass is 16.3. The third-order valence-corrected chi connectivity index (χ3v) is 5.36. The molecule has 6 heteroatoms. The lowest BCUT2D eigenvalue weighted by Gasteiger charge is -2.47. The molecule has 24 heavy (non-hydrogen) atoms. The highest BCUT2D eigenvalue weighted by molar-refractivity contribution is 5.98. The fraction of sp³-hybridized carbons (Fsp3) is 0.556. The summed E-state index contributed by atoms with van der Waals surface area (Å²) in [4.78, 5) is 15.9. The Hall–Kier alpha value is -2.08. The summed E-state index contributed by atoms with van der Waals surface area (Å²) in [6, 6.07) is 7.38. The third-order valence-electron chi connectivity index (χ3n) is 5.36. The molecule has 1 unspecified atom stereocenters. The van der Waals surface area contributed by atoms with Crippen molar-refractivity contribution in [3.05, 3.63) is 29.8 Å². The second-order valence-corrected chi connectivity index (χ2v) is 7.26. The molecule has 0 aromatic heterocycles. The average molecular weight is 330 g/mol. The van der Waals surface area contributed by atoms with Crippen LogP contribution < -0.4 is 5.32 Å². The van der Waals surface area contributed by atoms with Crippen LogP contribution in [0.25, 0.3) is 0 Å². The quantitative estimate of drug-likeness (QED) is 0.789. The molecule has 2 saturated heterocycles. The number of carbonyl (C=O) groups excluding carboxylic acids is 1. The molecule has 2 heterocycles. The Morgan fingerprint density at radius 2 is 2.25 bits per heavy atom. The molecular formula is C18H26N4O2. The highest BCUT2D eigenvalue weighted by Gasteiger charge is 2.43. The molecule has 0 aliphatic carbocycles. The third kappa shape index (κ3) is 3.38. The van der Waals surface area contributed by atoms with Crippen molar-refractivity contribution < 1.29 is 9.90 Å². The highest BCUT2D eigenvalue weighted by Crippen LogP contribution is 2.33. The minimum Gasteiger partial charge on any atom is -0.508 e. The molecule has 130 valence electrons. The summed E-state index contributed by atoms with van der Waals surface area (Å²) < 4.78 is 0. The van der Waals surface area contributed by atoms with Crippen molar-refractivity contribution in [2.75, 3.05) is 20.1 Å². The van der Waals surface area contributed by atoms with Crippen LogP contribution in [0.3, 0.4) is 0 Å². The normalized spacial score (nSPS) is 28.8. The maximum absolute atomic E-state index is 12.2. The van der Waals surface area contributed by atoms with Gasteiger partial charge in [0.2, 0.25) is 5.91 Å². The zero-order valence-corrected chi connectivity index (χ0v) is 14.4.